The maximum Gasteiger partial charge on any atom is 0.407 e. The lowest BCUT2D eigenvalue weighted by molar-refractivity contribution is 0.0496. The highest BCUT2D eigenvalue weighted by molar-refractivity contribution is 5.68. The van der Waals surface area contributed by atoms with Crippen molar-refractivity contribution in [2.75, 3.05) is 0 Å². The van der Waals surface area contributed by atoms with E-state index in [1.165, 1.54) is 38.5 Å². The molecule has 19 heavy (non-hydrogen) atoms. The predicted octanol–water partition coefficient (Wildman–Crippen LogP) is 4.65. The maximum atomic E-state index is 11.8. The molecule has 0 aliphatic heterocycles. The summed E-state index contributed by atoms with van der Waals surface area (Å²) in [7, 11) is 0. The van der Waals surface area contributed by atoms with Crippen LogP contribution in [0.3, 0.4) is 0 Å². The van der Waals surface area contributed by atoms with Crippen molar-refractivity contribution >= 4 is 6.09 Å². The number of hydrogen-bond acceptors (Lipinski definition) is 2. The third kappa shape index (κ3) is 7.44. The SMILES string of the molecule is CCCC[C@@H]1CCCC[C@H](NC(=O)OC(C)(C)C)C1. The molecule has 1 aliphatic carbocycles. The van der Waals surface area contributed by atoms with Crippen LogP contribution in [0.1, 0.15) is 79.1 Å². The van der Waals surface area contributed by atoms with Crippen LogP contribution in [-0.4, -0.2) is 17.7 Å². The van der Waals surface area contributed by atoms with E-state index in [9.17, 15) is 4.79 Å². The Balaban J connectivity index is 2.40. The van der Waals surface area contributed by atoms with Crippen LogP contribution in [0.15, 0.2) is 0 Å². The maximum absolute atomic E-state index is 11.8. The minimum atomic E-state index is -0.406. The number of unbranched alkanes of at least 4 members (excludes halogenated alkanes) is 1. The lowest BCUT2D eigenvalue weighted by Crippen LogP contribution is -2.39. The van der Waals surface area contributed by atoms with Crippen molar-refractivity contribution in [2.24, 2.45) is 5.92 Å². The van der Waals surface area contributed by atoms with E-state index in [1.807, 2.05) is 20.8 Å². The largest absolute Gasteiger partial charge is 0.444 e. The van der Waals surface area contributed by atoms with Crippen LogP contribution in [0.4, 0.5) is 4.79 Å². The molecule has 0 unspecified atom stereocenters. The average Bonchev–Trinajstić information content (AvgIpc) is 2.49. The molecule has 1 aliphatic rings. The second kappa shape index (κ2) is 7.76. The number of rotatable bonds is 4. The first-order valence-electron chi connectivity index (χ1n) is 7.90. The zero-order valence-electron chi connectivity index (χ0n) is 13.1. The normalized spacial score (nSPS) is 24.6. The Labute approximate surface area is 118 Å². The molecular weight excluding hydrogens is 238 g/mol. The number of carbonyl (C=O) groups is 1. The van der Waals surface area contributed by atoms with Crippen LogP contribution in [0.5, 0.6) is 0 Å². The highest BCUT2D eigenvalue weighted by Gasteiger charge is 2.23. The fourth-order valence-corrected chi connectivity index (χ4v) is 2.82. The van der Waals surface area contributed by atoms with E-state index >= 15 is 0 Å². The molecule has 2 atom stereocenters. The summed E-state index contributed by atoms with van der Waals surface area (Å²) in [6, 6.07) is 0.305. The van der Waals surface area contributed by atoms with Crippen molar-refractivity contribution in [2.45, 2.75) is 90.7 Å². The summed E-state index contributed by atoms with van der Waals surface area (Å²) < 4.78 is 5.35. The third-order valence-electron chi connectivity index (χ3n) is 3.72. The van der Waals surface area contributed by atoms with E-state index in [0.717, 1.165) is 18.8 Å². The standard InChI is InChI=1S/C16H31NO2/c1-5-6-9-13-10-7-8-11-14(12-13)17-15(18)19-16(2,3)4/h13-14H,5-12H2,1-4H3,(H,17,18)/t13-,14+/m1/s1. The molecule has 0 aromatic heterocycles. The lowest BCUT2D eigenvalue weighted by Gasteiger charge is -2.24. The van der Waals surface area contributed by atoms with Crippen LogP contribution in [0.2, 0.25) is 0 Å². The fraction of sp³-hybridized carbons (Fsp3) is 0.938. The van der Waals surface area contributed by atoms with Crippen LogP contribution in [0, 0.1) is 5.92 Å². The first-order valence-corrected chi connectivity index (χ1v) is 7.90. The van der Waals surface area contributed by atoms with Gasteiger partial charge in [-0.3, -0.25) is 0 Å². The molecule has 1 rings (SSSR count). The first-order chi connectivity index (χ1) is 8.90. The summed E-state index contributed by atoms with van der Waals surface area (Å²) in [5.74, 6) is 0.780. The molecule has 0 aromatic rings. The van der Waals surface area contributed by atoms with Gasteiger partial charge in [-0.2, -0.15) is 0 Å². The highest BCUT2D eigenvalue weighted by Crippen LogP contribution is 2.27. The van der Waals surface area contributed by atoms with Crippen molar-refractivity contribution in [1.82, 2.24) is 5.32 Å². The number of carbonyl (C=O) groups excluding carboxylic acids is 1. The Hall–Kier alpha value is -0.730. The van der Waals surface area contributed by atoms with Crippen LogP contribution in [-0.2, 0) is 4.74 Å². The summed E-state index contributed by atoms with van der Waals surface area (Å²) in [4.78, 5) is 11.8. The van der Waals surface area contributed by atoms with Gasteiger partial charge < -0.3 is 10.1 Å². The van der Waals surface area contributed by atoms with Gasteiger partial charge in [0.2, 0.25) is 0 Å². The zero-order valence-corrected chi connectivity index (χ0v) is 13.1. The number of ether oxygens (including phenoxy) is 1. The van der Waals surface area contributed by atoms with Crippen LogP contribution in [0.25, 0.3) is 0 Å². The Morgan fingerprint density at radius 1 is 1.26 bits per heavy atom. The average molecular weight is 269 g/mol. The number of hydrogen-bond donors (Lipinski definition) is 1. The Kier molecular flexibility index (Phi) is 6.67. The zero-order chi connectivity index (χ0) is 14.3. The first kappa shape index (κ1) is 16.3. The van der Waals surface area contributed by atoms with E-state index in [0.29, 0.717) is 6.04 Å². The van der Waals surface area contributed by atoms with Gasteiger partial charge in [-0.15, -0.1) is 0 Å². The molecular formula is C16H31NO2. The third-order valence-corrected chi connectivity index (χ3v) is 3.72. The molecule has 0 bridgehead atoms. The van der Waals surface area contributed by atoms with Gasteiger partial charge in [0, 0.05) is 6.04 Å². The molecule has 1 N–H and O–H groups in total. The van der Waals surface area contributed by atoms with Crippen LogP contribution >= 0.6 is 0 Å². The van der Waals surface area contributed by atoms with E-state index in [1.54, 1.807) is 0 Å². The molecule has 1 fully saturated rings. The number of alkyl carbamates (subject to hydrolysis) is 1. The molecule has 3 heteroatoms. The second-order valence-electron chi connectivity index (χ2n) is 6.87. The minimum Gasteiger partial charge on any atom is -0.444 e. The van der Waals surface area contributed by atoms with Crippen LogP contribution < -0.4 is 5.32 Å². The molecule has 112 valence electrons. The van der Waals surface area contributed by atoms with Gasteiger partial charge in [0.25, 0.3) is 0 Å². The van der Waals surface area contributed by atoms with E-state index in [4.69, 9.17) is 4.74 Å². The van der Waals surface area contributed by atoms with Gasteiger partial charge >= 0.3 is 6.09 Å². The predicted molar refractivity (Wildman–Crippen MR) is 79.3 cm³/mol. The van der Waals surface area contributed by atoms with Crippen molar-refractivity contribution in [3.05, 3.63) is 0 Å². The van der Waals surface area contributed by atoms with Crippen molar-refractivity contribution in [1.29, 1.82) is 0 Å². The minimum absolute atomic E-state index is 0.256. The molecule has 0 heterocycles. The summed E-state index contributed by atoms with van der Waals surface area (Å²) in [6.07, 6.45) is 9.71. The van der Waals surface area contributed by atoms with Crippen molar-refractivity contribution < 1.29 is 9.53 Å². The monoisotopic (exact) mass is 269 g/mol. The van der Waals surface area contributed by atoms with Crippen molar-refractivity contribution in [3.63, 3.8) is 0 Å². The van der Waals surface area contributed by atoms with E-state index < -0.39 is 5.60 Å². The summed E-state index contributed by atoms with van der Waals surface area (Å²) >= 11 is 0. The Bertz CT molecular complexity index is 270. The molecule has 0 spiro atoms. The smallest absolute Gasteiger partial charge is 0.407 e. The topological polar surface area (TPSA) is 38.3 Å². The van der Waals surface area contributed by atoms with Gasteiger partial charge in [-0.05, 0) is 39.5 Å². The number of nitrogens with one attached hydrogen (secondary N) is 1. The molecule has 1 saturated carbocycles. The molecule has 0 aromatic carbocycles. The summed E-state index contributed by atoms with van der Waals surface area (Å²) in [5, 5.41) is 3.06. The Morgan fingerprint density at radius 3 is 2.58 bits per heavy atom. The molecule has 1 amide bonds. The van der Waals surface area contributed by atoms with Gasteiger partial charge in [-0.1, -0.05) is 45.4 Å². The summed E-state index contributed by atoms with van der Waals surface area (Å²) in [6.45, 7) is 7.96. The second-order valence-corrected chi connectivity index (χ2v) is 6.87. The molecule has 3 nitrogen and oxygen atoms in total. The quantitative estimate of drug-likeness (QED) is 0.754. The van der Waals surface area contributed by atoms with Gasteiger partial charge in [0.05, 0.1) is 0 Å². The molecule has 0 saturated heterocycles. The van der Waals surface area contributed by atoms with E-state index in [2.05, 4.69) is 12.2 Å². The fourth-order valence-electron chi connectivity index (χ4n) is 2.82. The Morgan fingerprint density at radius 2 is 1.95 bits per heavy atom. The lowest BCUT2D eigenvalue weighted by atomic mass is 9.93. The number of amides is 1. The van der Waals surface area contributed by atoms with Gasteiger partial charge in [0.15, 0.2) is 0 Å². The van der Waals surface area contributed by atoms with E-state index in [-0.39, 0.29) is 6.09 Å². The highest BCUT2D eigenvalue weighted by atomic mass is 16.6. The summed E-state index contributed by atoms with van der Waals surface area (Å²) in [5.41, 5.74) is -0.406. The van der Waals surface area contributed by atoms with Gasteiger partial charge in [-0.25, -0.2) is 4.79 Å². The molecule has 0 radical (unpaired) electrons. The van der Waals surface area contributed by atoms with Crippen molar-refractivity contribution in [3.8, 4) is 0 Å². The van der Waals surface area contributed by atoms with Gasteiger partial charge in [0.1, 0.15) is 5.60 Å².